The summed E-state index contributed by atoms with van der Waals surface area (Å²) >= 11 is 12.5. The van der Waals surface area contributed by atoms with Crippen LogP contribution in [0.25, 0.3) is 16.9 Å². The Labute approximate surface area is 206 Å². The van der Waals surface area contributed by atoms with Gasteiger partial charge in [-0.3, -0.25) is 4.79 Å². The minimum atomic E-state index is -0.486. The van der Waals surface area contributed by atoms with E-state index in [1.807, 2.05) is 37.3 Å². The van der Waals surface area contributed by atoms with Gasteiger partial charge >= 0.3 is 0 Å². The van der Waals surface area contributed by atoms with Crippen LogP contribution in [0, 0.1) is 6.92 Å². The Morgan fingerprint density at radius 3 is 2.59 bits per heavy atom. The van der Waals surface area contributed by atoms with Gasteiger partial charge in [-0.15, -0.1) is 0 Å². The van der Waals surface area contributed by atoms with Gasteiger partial charge in [-0.2, -0.15) is 10.2 Å². The molecule has 4 rings (SSSR count). The van der Waals surface area contributed by atoms with Crippen LogP contribution in [0.3, 0.4) is 0 Å². The van der Waals surface area contributed by atoms with E-state index in [1.54, 1.807) is 35.0 Å². The Balaban J connectivity index is 1.69. The van der Waals surface area contributed by atoms with Gasteiger partial charge in [-0.1, -0.05) is 53.5 Å². The fourth-order valence-electron chi connectivity index (χ4n) is 3.47. The molecule has 0 fully saturated rings. The lowest BCUT2D eigenvalue weighted by atomic mass is 10.1. The molecule has 3 aromatic carbocycles. The van der Waals surface area contributed by atoms with Crippen molar-refractivity contribution < 1.29 is 14.6 Å². The van der Waals surface area contributed by atoms with Crippen molar-refractivity contribution in [2.24, 2.45) is 5.10 Å². The van der Waals surface area contributed by atoms with Crippen molar-refractivity contribution in [1.82, 2.24) is 15.2 Å². The number of hydrogen-bond donors (Lipinski definition) is 2. The first-order chi connectivity index (χ1) is 16.4. The Morgan fingerprint density at radius 2 is 1.88 bits per heavy atom. The second kappa shape index (κ2) is 9.99. The molecule has 9 heteroatoms. The molecule has 0 aliphatic carbocycles. The average molecular weight is 495 g/mol. The van der Waals surface area contributed by atoms with Gasteiger partial charge in [-0.05, 0) is 48.9 Å². The first-order valence-electron chi connectivity index (χ1n) is 10.2. The van der Waals surface area contributed by atoms with Crippen LogP contribution in [0.4, 0.5) is 0 Å². The fraction of sp³-hybridized carbons (Fsp3) is 0.0800. The second-order valence-corrected chi connectivity index (χ2v) is 8.17. The van der Waals surface area contributed by atoms with Crippen molar-refractivity contribution in [2.45, 2.75) is 6.92 Å². The van der Waals surface area contributed by atoms with Crippen molar-refractivity contribution in [1.29, 1.82) is 0 Å². The number of ether oxygens (including phenoxy) is 1. The lowest BCUT2D eigenvalue weighted by Gasteiger charge is -2.10. The van der Waals surface area contributed by atoms with Crippen molar-refractivity contribution >= 4 is 35.3 Å². The largest absolute Gasteiger partial charge is 0.504 e. The molecule has 0 unspecified atom stereocenters. The molecule has 0 saturated carbocycles. The Bertz CT molecular complexity index is 1380. The average Bonchev–Trinajstić information content (AvgIpc) is 3.17. The summed E-state index contributed by atoms with van der Waals surface area (Å²) in [5.41, 5.74) is 6.19. The normalized spacial score (nSPS) is 11.1. The third kappa shape index (κ3) is 4.76. The number of carbonyl (C=O) groups excluding carboxylic acids is 1. The lowest BCUT2D eigenvalue weighted by Crippen LogP contribution is -2.19. The number of nitrogens with one attached hydrogen (secondary N) is 1. The van der Waals surface area contributed by atoms with Gasteiger partial charge in [0.25, 0.3) is 5.91 Å². The molecule has 34 heavy (non-hydrogen) atoms. The van der Waals surface area contributed by atoms with Gasteiger partial charge in [0.2, 0.25) is 0 Å². The highest BCUT2D eigenvalue weighted by atomic mass is 35.5. The number of halogens is 2. The highest BCUT2D eigenvalue weighted by Crippen LogP contribution is 2.32. The van der Waals surface area contributed by atoms with Gasteiger partial charge in [0.1, 0.15) is 0 Å². The first-order valence-corrected chi connectivity index (χ1v) is 11.0. The van der Waals surface area contributed by atoms with Gasteiger partial charge in [-0.25, -0.2) is 10.1 Å². The fourth-order valence-corrected chi connectivity index (χ4v) is 3.96. The number of rotatable bonds is 6. The van der Waals surface area contributed by atoms with E-state index in [9.17, 15) is 9.90 Å². The molecule has 0 aliphatic rings. The maximum absolute atomic E-state index is 13.0. The number of phenolic OH excluding ortho intramolecular Hbond substituents is 1. The molecular formula is C25H20Cl2N4O3. The molecule has 0 spiro atoms. The molecular weight excluding hydrogens is 475 g/mol. The van der Waals surface area contributed by atoms with E-state index in [-0.39, 0.29) is 11.4 Å². The van der Waals surface area contributed by atoms with Crippen LogP contribution in [-0.2, 0) is 0 Å². The molecule has 172 valence electrons. The lowest BCUT2D eigenvalue weighted by molar-refractivity contribution is 0.0949. The van der Waals surface area contributed by atoms with Crippen molar-refractivity contribution in [3.63, 3.8) is 0 Å². The maximum Gasteiger partial charge on any atom is 0.292 e. The van der Waals surface area contributed by atoms with E-state index in [4.69, 9.17) is 27.9 Å². The van der Waals surface area contributed by atoms with Crippen LogP contribution in [0.1, 0.15) is 21.6 Å². The standard InChI is InChI=1S/C25H20Cl2N4O3/c1-15-23(25(33)29-28-14-16-8-11-21(32)22(12-16)34-2)30-31(20-10-9-18(26)13-19(20)27)24(15)17-6-4-3-5-7-17/h3-14,32H,1-2H3,(H,29,33)/b28-14+. The summed E-state index contributed by atoms with van der Waals surface area (Å²) < 4.78 is 6.72. The molecule has 1 aromatic heterocycles. The zero-order chi connectivity index (χ0) is 24.2. The molecule has 0 atom stereocenters. The zero-order valence-electron chi connectivity index (χ0n) is 18.3. The molecule has 1 amide bonds. The highest BCUT2D eigenvalue weighted by molar-refractivity contribution is 6.35. The number of phenols is 1. The van der Waals surface area contributed by atoms with Crippen molar-refractivity contribution in [3.05, 3.63) is 93.6 Å². The van der Waals surface area contributed by atoms with E-state index < -0.39 is 5.91 Å². The minimum absolute atomic E-state index is 0.0131. The predicted molar refractivity (Wildman–Crippen MR) is 133 cm³/mol. The van der Waals surface area contributed by atoms with Crippen LogP contribution in [0.5, 0.6) is 11.5 Å². The number of nitrogens with zero attached hydrogens (tertiary/aromatic N) is 3. The van der Waals surface area contributed by atoms with E-state index in [1.165, 1.54) is 19.4 Å². The Morgan fingerprint density at radius 1 is 1.12 bits per heavy atom. The quantitative estimate of drug-likeness (QED) is 0.268. The maximum atomic E-state index is 13.0. The molecule has 0 bridgehead atoms. The molecule has 2 N–H and O–H groups in total. The second-order valence-electron chi connectivity index (χ2n) is 7.33. The summed E-state index contributed by atoms with van der Waals surface area (Å²) in [4.78, 5) is 13.0. The number of amides is 1. The number of benzene rings is 3. The molecule has 1 heterocycles. The summed E-state index contributed by atoms with van der Waals surface area (Å²) in [7, 11) is 1.45. The van der Waals surface area contributed by atoms with Crippen LogP contribution in [0.15, 0.2) is 71.8 Å². The number of aromatic nitrogens is 2. The molecule has 4 aromatic rings. The number of hydrazone groups is 1. The highest BCUT2D eigenvalue weighted by Gasteiger charge is 2.23. The SMILES string of the molecule is COc1cc(/C=N/NC(=O)c2nn(-c3ccc(Cl)cc3Cl)c(-c3ccccc3)c2C)ccc1O. The number of hydrogen-bond acceptors (Lipinski definition) is 5. The van der Waals surface area contributed by atoms with Crippen LogP contribution >= 0.6 is 23.2 Å². The molecule has 0 radical (unpaired) electrons. The third-order valence-electron chi connectivity index (χ3n) is 5.11. The van der Waals surface area contributed by atoms with E-state index in [0.29, 0.717) is 32.6 Å². The Hall–Kier alpha value is -3.81. The number of methoxy groups -OCH3 is 1. The first kappa shape index (κ1) is 23.4. The molecule has 0 saturated heterocycles. The van der Waals surface area contributed by atoms with Gasteiger partial charge in [0.15, 0.2) is 17.2 Å². The molecule has 0 aliphatic heterocycles. The van der Waals surface area contributed by atoms with Crippen molar-refractivity contribution in [2.75, 3.05) is 7.11 Å². The summed E-state index contributed by atoms with van der Waals surface area (Å²) in [5, 5.41) is 19.2. The smallest absolute Gasteiger partial charge is 0.292 e. The van der Waals surface area contributed by atoms with Gasteiger partial charge < -0.3 is 9.84 Å². The predicted octanol–water partition coefficient (Wildman–Crippen LogP) is 5.63. The van der Waals surface area contributed by atoms with Crippen LogP contribution in [-0.4, -0.2) is 34.1 Å². The topological polar surface area (TPSA) is 88.7 Å². The van der Waals surface area contributed by atoms with E-state index in [2.05, 4.69) is 15.6 Å². The van der Waals surface area contributed by atoms with Gasteiger partial charge in [0.05, 0.1) is 29.7 Å². The third-order valence-corrected chi connectivity index (χ3v) is 5.64. The number of carbonyl (C=O) groups is 1. The summed E-state index contributed by atoms with van der Waals surface area (Å²) in [6, 6.07) is 19.4. The summed E-state index contributed by atoms with van der Waals surface area (Å²) in [6.07, 6.45) is 1.44. The van der Waals surface area contributed by atoms with E-state index >= 15 is 0 Å². The summed E-state index contributed by atoms with van der Waals surface area (Å²) in [5.74, 6) is -0.170. The van der Waals surface area contributed by atoms with Gasteiger partial charge in [0, 0.05) is 16.1 Å². The zero-order valence-corrected chi connectivity index (χ0v) is 19.8. The van der Waals surface area contributed by atoms with Crippen LogP contribution in [0.2, 0.25) is 10.0 Å². The Kier molecular flexibility index (Phi) is 6.86. The summed E-state index contributed by atoms with van der Waals surface area (Å²) in [6.45, 7) is 1.82. The minimum Gasteiger partial charge on any atom is -0.504 e. The van der Waals surface area contributed by atoms with Crippen LogP contribution < -0.4 is 10.2 Å². The van der Waals surface area contributed by atoms with Crippen molar-refractivity contribution in [3.8, 4) is 28.4 Å². The monoisotopic (exact) mass is 494 g/mol. The molecule has 7 nitrogen and oxygen atoms in total. The number of aromatic hydroxyl groups is 1. The van der Waals surface area contributed by atoms with E-state index in [0.717, 1.165) is 11.3 Å².